The molecule has 6 heteroatoms. The van der Waals surface area contributed by atoms with Crippen LogP contribution in [0, 0.1) is 5.92 Å². The lowest BCUT2D eigenvalue weighted by Crippen LogP contribution is -2.36. The van der Waals surface area contributed by atoms with Gasteiger partial charge in [0.1, 0.15) is 0 Å². The summed E-state index contributed by atoms with van der Waals surface area (Å²) < 4.78 is 5.79. The van der Waals surface area contributed by atoms with Crippen LogP contribution >= 0.6 is 22.9 Å². The highest BCUT2D eigenvalue weighted by atomic mass is 35.5. The zero-order valence-electron chi connectivity index (χ0n) is 13.9. The normalized spacial score (nSPS) is 12.5. The first-order valence-electron chi connectivity index (χ1n) is 7.69. The number of esters is 1. The largest absolute Gasteiger partial charge is 0.469 e. The molecule has 128 valence electrons. The molecule has 1 aromatic carbocycles. The predicted molar refractivity (Wildman–Crippen MR) is 99.3 cm³/mol. The summed E-state index contributed by atoms with van der Waals surface area (Å²) in [5.41, 5.74) is 0. The molecule has 0 radical (unpaired) electrons. The van der Waals surface area contributed by atoms with Crippen molar-refractivity contribution in [1.29, 1.82) is 0 Å². The zero-order chi connectivity index (χ0) is 17.7. The van der Waals surface area contributed by atoms with Gasteiger partial charge in [0.25, 0.3) is 0 Å². The number of ether oxygens (including phenoxy) is 1. The van der Waals surface area contributed by atoms with Crippen LogP contribution in [-0.2, 0) is 14.3 Å². The minimum atomic E-state index is -0.361. The van der Waals surface area contributed by atoms with Crippen molar-refractivity contribution in [1.82, 2.24) is 4.90 Å². The van der Waals surface area contributed by atoms with Crippen LogP contribution in [0.4, 0.5) is 0 Å². The first kappa shape index (κ1) is 18.5. The number of fused-ring (bicyclic) bond motifs is 1. The number of hydrogen-bond acceptors (Lipinski definition) is 4. The number of nitrogens with zero attached hydrogens (tertiary/aromatic N) is 1. The molecule has 0 N–H and O–H groups in total. The summed E-state index contributed by atoms with van der Waals surface area (Å²) in [4.78, 5) is 26.3. The number of methoxy groups -OCH3 is 1. The van der Waals surface area contributed by atoms with Gasteiger partial charge in [0, 0.05) is 34.1 Å². The van der Waals surface area contributed by atoms with Gasteiger partial charge in [-0.1, -0.05) is 36.7 Å². The molecule has 1 amide bonds. The second-order valence-electron chi connectivity index (χ2n) is 5.41. The van der Waals surface area contributed by atoms with Crippen molar-refractivity contribution < 1.29 is 14.3 Å². The van der Waals surface area contributed by atoms with Crippen LogP contribution in [0.15, 0.2) is 30.3 Å². The topological polar surface area (TPSA) is 46.6 Å². The highest BCUT2D eigenvalue weighted by Gasteiger charge is 2.19. The molecule has 1 unspecified atom stereocenters. The van der Waals surface area contributed by atoms with Gasteiger partial charge in [-0.15, -0.1) is 11.3 Å². The van der Waals surface area contributed by atoms with E-state index in [1.807, 2.05) is 31.2 Å². The van der Waals surface area contributed by atoms with Crippen molar-refractivity contribution in [2.24, 2.45) is 5.92 Å². The van der Waals surface area contributed by atoms with E-state index in [9.17, 15) is 9.59 Å². The summed E-state index contributed by atoms with van der Waals surface area (Å²) in [5.74, 6) is -0.834. The monoisotopic (exact) mass is 365 g/mol. The molecule has 0 aliphatic rings. The molecule has 0 saturated heterocycles. The molecule has 1 heterocycles. The molecule has 24 heavy (non-hydrogen) atoms. The van der Waals surface area contributed by atoms with E-state index >= 15 is 0 Å². The van der Waals surface area contributed by atoms with Gasteiger partial charge in [-0.25, -0.2) is 0 Å². The van der Waals surface area contributed by atoms with Gasteiger partial charge in [-0.3, -0.25) is 9.59 Å². The summed E-state index contributed by atoms with van der Waals surface area (Å²) in [7, 11) is 1.35. The van der Waals surface area contributed by atoms with E-state index < -0.39 is 0 Å². The molecule has 4 nitrogen and oxygen atoms in total. The number of halogens is 1. The van der Waals surface area contributed by atoms with Crippen molar-refractivity contribution >= 4 is 51.0 Å². The van der Waals surface area contributed by atoms with Gasteiger partial charge in [-0.2, -0.15) is 0 Å². The number of thiophene rings is 1. The maximum Gasteiger partial charge on any atom is 0.310 e. The Labute approximate surface area is 150 Å². The lowest BCUT2D eigenvalue weighted by atomic mass is 10.1. The Morgan fingerprint density at radius 2 is 2.08 bits per heavy atom. The fourth-order valence-electron chi connectivity index (χ4n) is 2.37. The summed E-state index contributed by atoms with van der Waals surface area (Å²) >= 11 is 7.92. The smallest absolute Gasteiger partial charge is 0.310 e. The van der Waals surface area contributed by atoms with E-state index in [4.69, 9.17) is 16.3 Å². The van der Waals surface area contributed by atoms with E-state index in [2.05, 4.69) is 0 Å². The van der Waals surface area contributed by atoms with Crippen LogP contribution in [0.25, 0.3) is 16.2 Å². The fraction of sp³-hybridized carbons (Fsp3) is 0.333. The third-order valence-corrected chi connectivity index (χ3v) is 5.38. The molecular formula is C18H20ClNO3S. The second-order valence-corrected chi connectivity index (χ2v) is 6.87. The average Bonchev–Trinajstić information content (AvgIpc) is 2.92. The molecular weight excluding hydrogens is 346 g/mol. The van der Waals surface area contributed by atoms with E-state index in [1.165, 1.54) is 13.2 Å². The van der Waals surface area contributed by atoms with Crippen molar-refractivity contribution in [3.8, 4) is 0 Å². The first-order chi connectivity index (χ1) is 11.5. The molecule has 0 fully saturated rings. The van der Waals surface area contributed by atoms with Gasteiger partial charge < -0.3 is 9.64 Å². The minimum Gasteiger partial charge on any atom is -0.469 e. The average molecular weight is 366 g/mol. The van der Waals surface area contributed by atoms with Crippen LogP contribution in [0.2, 0.25) is 5.02 Å². The highest BCUT2D eigenvalue weighted by molar-refractivity contribution is 7.20. The minimum absolute atomic E-state index is 0.151. The quantitative estimate of drug-likeness (QED) is 0.568. The third-order valence-electron chi connectivity index (χ3n) is 3.73. The number of carbonyl (C=O) groups is 2. The van der Waals surface area contributed by atoms with Gasteiger partial charge in [0.05, 0.1) is 18.1 Å². The molecule has 2 rings (SSSR count). The SMILES string of the molecule is CCN(CC(C)C(=O)OC)C(=O)/C=C/c1sc2ccccc2c1Cl. The van der Waals surface area contributed by atoms with Crippen molar-refractivity contribution in [3.63, 3.8) is 0 Å². The van der Waals surface area contributed by atoms with Crippen molar-refractivity contribution in [2.45, 2.75) is 13.8 Å². The number of carbonyl (C=O) groups excluding carboxylic acids is 2. The van der Waals surface area contributed by atoms with Gasteiger partial charge >= 0.3 is 5.97 Å². The lowest BCUT2D eigenvalue weighted by molar-refractivity contribution is -0.146. The summed E-state index contributed by atoms with van der Waals surface area (Å²) in [6.07, 6.45) is 3.24. The van der Waals surface area contributed by atoms with Gasteiger partial charge in [0.15, 0.2) is 0 Å². The fourth-order valence-corrected chi connectivity index (χ4v) is 3.77. The molecule has 2 aromatic rings. The number of hydrogen-bond donors (Lipinski definition) is 0. The first-order valence-corrected chi connectivity index (χ1v) is 8.89. The number of amides is 1. The Hall–Kier alpha value is -1.85. The Morgan fingerprint density at radius 1 is 1.38 bits per heavy atom. The summed E-state index contributed by atoms with van der Waals surface area (Å²) in [6.45, 7) is 4.47. The maximum atomic E-state index is 12.4. The molecule has 1 atom stereocenters. The van der Waals surface area contributed by atoms with E-state index in [0.29, 0.717) is 18.1 Å². The number of likely N-dealkylation sites (N-methyl/N-ethyl adjacent to an activating group) is 1. The Balaban J connectivity index is 2.12. The lowest BCUT2D eigenvalue weighted by Gasteiger charge is -2.22. The van der Waals surface area contributed by atoms with Gasteiger partial charge in [-0.05, 0) is 19.1 Å². The van der Waals surface area contributed by atoms with Crippen LogP contribution < -0.4 is 0 Å². The predicted octanol–water partition coefficient (Wildman–Crippen LogP) is 4.23. The highest BCUT2D eigenvalue weighted by Crippen LogP contribution is 2.35. The number of rotatable bonds is 6. The van der Waals surface area contributed by atoms with E-state index in [0.717, 1.165) is 15.0 Å². The molecule has 0 saturated carbocycles. The molecule has 0 aliphatic heterocycles. The van der Waals surface area contributed by atoms with Crippen LogP contribution in [0.5, 0.6) is 0 Å². The number of benzene rings is 1. The maximum absolute atomic E-state index is 12.4. The Morgan fingerprint density at radius 3 is 2.71 bits per heavy atom. The van der Waals surface area contributed by atoms with E-state index in [-0.39, 0.29) is 17.8 Å². The molecule has 0 aliphatic carbocycles. The third kappa shape index (κ3) is 4.16. The Bertz CT molecular complexity index is 769. The second kappa shape index (κ2) is 8.31. The molecule has 0 bridgehead atoms. The molecule has 0 spiro atoms. The zero-order valence-corrected chi connectivity index (χ0v) is 15.5. The summed E-state index contributed by atoms with van der Waals surface area (Å²) in [6, 6.07) is 7.86. The standard InChI is InChI=1S/C18H20ClNO3S/c1-4-20(11-12(2)18(22)23-3)16(21)10-9-15-17(19)13-7-5-6-8-14(13)24-15/h5-10,12H,4,11H2,1-3H3/b10-9+. The van der Waals surface area contributed by atoms with Crippen LogP contribution in [-0.4, -0.2) is 37.0 Å². The summed E-state index contributed by atoms with van der Waals surface area (Å²) in [5, 5.41) is 1.65. The van der Waals surface area contributed by atoms with Crippen molar-refractivity contribution in [3.05, 3.63) is 40.2 Å². The molecule has 1 aromatic heterocycles. The van der Waals surface area contributed by atoms with Crippen molar-refractivity contribution in [2.75, 3.05) is 20.2 Å². The Kier molecular flexibility index (Phi) is 6.40. The van der Waals surface area contributed by atoms with Gasteiger partial charge in [0.2, 0.25) is 5.91 Å². The van der Waals surface area contributed by atoms with E-state index in [1.54, 1.807) is 29.2 Å². The van der Waals surface area contributed by atoms with Crippen LogP contribution in [0.3, 0.4) is 0 Å². The van der Waals surface area contributed by atoms with Crippen LogP contribution in [0.1, 0.15) is 18.7 Å².